The van der Waals surface area contributed by atoms with Gasteiger partial charge in [0.2, 0.25) is 5.91 Å². The molecule has 0 heterocycles. The number of hydrogen-bond donors (Lipinski definition) is 2. The Morgan fingerprint density at radius 1 is 1.24 bits per heavy atom. The summed E-state index contributed by atoms with van der Waals surface area (Å²) in [5.74, 6) is 0.716. The summed E-state index contributed by atoms with van der Waals surface area (Å²) in [6.45, 7) is 4.15. The van der Waals surface area contributed by atoms with Gasteiger partial charge in [0.25, 0.3) is 0 Å². The van der Waals surface area contributed by atoms with E-state index in [1.54, 1.807) is 7.11 Å². The largest absolute Gasteiger partial charge is 0.383 e. The Bertz CT molecular complexity index is 462. The Hall–Kier alpha value is -1.39. The lowest BCUT2D eigenvalue weighted by Gasteiger charge is -2.30. The molecule has 116 valence electrons. The fourth-order valence-corrected chi connectivity index (χ4v) is 2.96. The number of amides is 1. The molecule has 0 aromatic heterocycles. The molecule has 0 saturated carbocycles. The molecule has 1 aromatic rings. The van der Waals surface area contributed by atoms with Crippen LogP contribution in [0.25, 0.3) is 0 Å². The summed E-state index contributed by atoms with van der Waals surface area (Å²) in [4.78, 5) is 11.7. The highest BCUT2D eigenvalue weighted by molar-refractivity contribution is 5.76. The predicted octanol–water partition coefficient (Wildman–Crippen LogP) is 2.37. The molecule has 4 nitrogen and oxygen atoms in total. The van der Waals surface area contributed by atoms with Crippen molar-refractivity contribution in [2.75, 3.05) is 26.8 Å². The van der Waals surface area contributed by atoms with Crippen LogP contribution in [0.3, 0.4) is 0 Å². The molecule has 1 amide bonds. The van der Waals surface area contributed by atoms with Crippen LogP contribution in [0.2, 0.25) is 0 Å². The number of ether oxygens (including phenoxy) is 1. The van der Waals surface area contributed by atoms with Crippen molar-refractivity contribution in [1.29, 1.82) is 0 Å². The highest BCUT2D eigenvalue weighted by atomic mass is 16.5. The molecule has 0 aliphatic heterocycles. The molecule has 2 unspecified atom stereocenters. The zero-order chi connectivity index (χ0) is 15.1. The molecule has 2 N–H and O–H groups in total. The molecular formula is C17H26N2O2. The van der Waals surface area contributed by atoms with Crippen LogP contribution in [0.5, 0.6) is 0 Å². The lowest BCUT2D eigenvalue weighted by molar-refractivity contribution is -0.121. The zero-order valence-corrected chi connectivity index (χ0v) is 13.0. The second-order valence-corrected chi connectivity index (χ2v) is 5.71. The van der Waals surface area contributed by atoms with Crippen molar-refractivity contribution in [2.24, 2.45) is 0 Å². The van der Waals surface area contributed by atoms with Crippen LogP contribution in [-0.2, 0) is 9.53 Å². The van der Waals surface area contributed by atoms with Crippen LogP contribution in [0.15, 0.2) is 24.3 Å². The van der Waals surface area contributed by atoms with E-state index in [4.69, 9.17) is 4.74 Å². The van der Waals surface area contributed by atoms with Gasteiger partial charge < -0.3 is 15.4 Å². The van der Waals surface area contributed by atoms with Crippen molar-refractivity contribution in [2.45, 2.75) is 38.1 Å². The summed E-state index contributed by atoms with van der Waals surface area (Å²) in [6, 6.07) is 9.03. The molecule has 0 saturated heterocycles. The molecule has 0 fully saturated rings. The third kappa shape index (κ3) is 4.55. The molecule has 0 bridgehead atoms. The van der Waals surface area contributed by atoms with Gasteiger partial charge in [-0.25, -0.2) is 0 Å². The van der Waals surface area contributed by atoms with Crippen molar-refractivity contribution < 1.29 is 9.53 Å². The van der Waals surface area contributed by atoms with Crippen LogP contribution < -0.4 is 10.6 Å². The van der Waals surface area contributed by atoms with Crippen LogP contribution in [0.4, 0.5) is 0 Å². The molecule has 1 aliphatic carbocycles. The number of hydrogen-bond acceptors (Lipinski definition) is 3. The monoisotopic (exact) mass is 290 g/mol. The summed E-state index contributed by atoms with van der Waals surface area (Å²) < 4.78 is 4.91. The molecule has 1 aliphatic rings. The Morgan fingerprint density at radius 2 is 2.00 bits per heavy atom. The number of fused-ring (bicyclic) bond motifs is 1. The topological polar surface area (TPSA) is 50.4 Å². The van der Waals surface area contributed by atoms with E-state index in [-0.39, 0.29) is 5.91 Å². The average Bonchev–Trinajstić information content (AvgIpc) is 2.50. The summed E-state index contributed by atoms with van der Waals surface area (Å²) >= 11 is 0. The molecule has 4 heteroatoms. The number of carbonyl (C=O) groups is 1. The first-order valence-corrected chi connectivity index (χ1v) is 7.80. The van der Waals surface area contributed by atoms with Gasteiger partial charge in [-0.1, -0.05) is 31.2 Å². The van der Waals surface area contributed by atoms with E-state index >= 15 is 0 Å². The molecule has 0 radical (unpaired) electrons. The van der Waals surface area contributed by atoms with Gasteiger partial charge in [0.05, 0.1) is 6.61 Å². The minimum atomic E-state index is 0.0806. The highest BCUT2D eigenvalue weighted by Crippen LogP contribution is 2.36. The van der Waals surface area contributed by atoms with E-state index in [1.165, 1.54) is 17.5 Å². The number of carbonyl (C=O) groups excluding carboxylic acids is 1. The Balaban J connectivity index is 1.79. The summed E-state index contributed by atoms with van der Waals surface area (Å²) in [6.07, 6.45) is 2.86. The van der Waals surface area contributed by atoms with Gasteiger partial charge in [-0.15, -0.1) is 0 Å². The van der Waals surface area contributed by atoms with Gasteiger partial charge >= 0.3 is 0 Å². The third-order valence-corrected chi connectivity index (χ3v) is 4.16. The summed E-state index contributed by atoms with van der Waals surface area (Å²) in [5.41, 5.74) is 2.85. The van der Waals surface area contributed by atoms with Crippen LogP contribution in [0.1, 0.15) is 49.3 Å². The van der Waals surface area contributed by atoms with E-state index in [2.05, 4.69) is 41.8 Å². The molecule has 2 atom stereocenters. The van der Waals surface area contributed by atoms with E-state index in [1.807, 2.05) is 0 Å². The van der Waals surface area contributed by atoms with Crippen molar-refractivity contribution in [3.8, 4) is 0 Å². The third-order valence-electron chi connectivity index (χ3n) is 4.16. The first-order chi connectivity index (χ1) is 10.2. The maximum absolute atomic E-state index is 11.7. The Morgan fingerprint density at radius 3 is 2.76 bits per heavy atom. The SMILES string of the molecule is COCCNC(=O)CCNC1CCC(C)c2ccccc21. The number of methoxy groups -OCH3 is 1. The van der Waals surface area contributed by atoms with Crippen molar-refractivity contribution in [1.82, 2.24) is 10.6 Å². The van der Waals surface area contributed by atoms with Crippen LogP contribution >= 0.6 is 0 Å². The minimum Gasteiger partial charge on any atom is -0.383 e. The normalized spacial score (nSPS) is 20.9. The van der Waals surface area contributed by atoms with Crippen molar-refractivity contribution in [3.05, 3.63) is 35.4 Å². The fourth-order valence-electron chi connectivity index (χ4n) is 2.96. The van der Waals surface area contributed by atoms with Gasteiger partial charge in [0.1, 0.15) is 0 Å². The van der Waals surface area contributed by atoms with E-state index in [0.29, 0.717) is 38.1 Å². The second-order valence-electron chi connectivity index (χ2n) is 5.71. The lowest BCUT2D eigenvalue weighted by atomic mass is 9.81. The molecule has 2 rings (SSSR count). The second kappa shape index (κ2) is 8.15. The van der Waals surface area contributed by atoms with E-state index < -0.39 is 0 Å². The summed E-state index contributed by atoms with van der Waals surface area (Å²) in [5, 5.41) is 6.37. The first kappa shape index (κ1) is 16.0. The van der Waals surface area contributed by atoms with Crippen LogP contribution in [0, 0.1) is 0 Å². The average molecular weight is 290 g/mol. The predicted molar refractivity (Wildman–Crippen MR) is 84.3 cm³/mol. The van der Waals surface area contributed by atoms with E-state index in [9.17, 15) is 4.79 Å². The maximum atomic E-state index is 11.7. The Kier molecular flexibility index (Phi) is 6.21. The standard InChI is InChI=1S/C17H26N2O2/c1-13-7-8-16(15-6-4-3-5-14(13)15)18-10-9-17(20)19-11-12-21-2/h3-6,13,16,18H,7-12H2,1-2H3,(H,19,20). The summed E-state index contributed by atoms with van der Waals surface area (Å²) in [7, 11) is 1.63. The molecule has 1 aromatic carbocycles. The molecule has 0 spiro atoms. The first-order valence-electron chi connectivity index (χ1n) is 7.80. The quantitative estimate of drug-likeness (QED) is 0.758. The van der Waals surface area contributed by atoms with Crippen molar-refractivity contribution in [3.63, 3.8) is 0 Å². The van der Waals surface area contributed by atoms with E-state index in [0.717, 1.165) is 6.42 Å². The zero-order valence-electron chi connectivity index (χ0n) is 13.0. The number of benzene rings is 1. The minimum absolute atomic E-state index is 0.0806. The lowest BCUT2D eigenvalue weighted by Crippen LogP contribution is -2.32. The highest BCUT2D eigenvalue weighted by Gasteiger charge is 2.23. The van der Waals surface area contributed by atoms with Crippen molar-refractivity contribution >= 4 is 5.91 Å². The van der Waals surface area contributed by atoms with Gasteiger partial charge in [-0.3, -0.25) is 4.79 Å². The molecular weight excluding hydrogens is 264 g/mol. The molecule has 21 heavy (non-hydrogen) atoms. The van der Waals surface area contributed by atoms with Gasteiger partial charge in [-0.2, -0.15) is 0 Å². The van der Waals surface area contributed by atoms with Gasteiger partial charge in [0.15, 0.2) is 0 Å². The fraction of sp³-hybridized carbons (Fsp3) is 0.588. The van der Waals surface area contributed by atoms with Crippen LogP contribution in [-0.4, -0.2) is 32.7 Å². The number of nitrogens with one attached hydrogen (secondary N) is 2. The Labute approximate surface area is 127 Å². The maximum Gasteiger partial charge on any atom is 0.221 e. The number of rotatable bonds is 7. The van der Waals surface area contributed by atoms with Gasteiger partial charge in [0, 0.05) is 32.7 Å². The smallest absolute Gasteiger partial charge is 0.221 e. The van der Waals surface area contributed by atoms with Gasteiger partial charge in [-0.05, 0) is 29.9 Å².